The van der Waals surface area contributed by atoms with Gasteiger partial charge in [-0.25, -0.2) is 4.98 Å². The SMILES string of the molecule is C=C1C[C@@H]2Cc3nc(OC)ccc3[C@](C(=O)O)(C1)C2=C. The normalized spacial score (nSPS) is 27.9. The maximum absolute atomic E-state index is 12.0. The highest BCUT2D eigenvalue weighted by molar-refractivity contribution is 5.88. The molecule has 0 unspecified atom stereocenters. The lowest BCUT2D eigenvalue weighted by Gasteiger charge is -2.45. The van der Waals surface area contributed by atoms with Crippen molar-refractivity contribution in [3.05, 3.63) is 47.7 Å². The van der Waals surface area contributed by atoms with Gasteiger partial charge in [-0.1, -0.05) is 30.4 Å². The Bertz CT molecular complexity index is 635. The van der Waals surface area contributed by atoms with E-state index in [-0.39, 0.29) is 5.92 Å². The van der Waals surface area contributed by atoms with Crippen LogP contribution in [0.5, 0.6) is 5.88 Å². The third-order valence-electron chi connectivity index (χ3n) is 4.51. The van der Waals surface area contributed by atoms with E-state index in [2.05, 4.69) is 18.1 Å². The predicted molar refractivity (Wildman–Crippen MR) is 74.8 cm³/mol. The molecule has 1 fully saturated rings. The van der Waals surface area contributed by atoms with Crippen molar-refractivity contribution in [2.45, 2.75) is 24.7 Å². The zero-order chi connectivity index (χ0) is 14.5. The fraction of sp³-hybridized carbons (Fsp3) is 0.375. The molecule has 2 bridgehead atoms. The second-order valence-electron chi connectivity index (χ2n) is 5.62. The number of carboxylic acids is 1. The number of rotatable bonds is 2. The summed E-state index contributed by atoms with van der Waals surface area (Å²) in [5.74, 6) is -0.227. The second-order valence-corrected chi connectivity index (χ2v) is 5.62. The van der Waals surface area contributed by atoms with Gasteiger partial charge in [0, 0.05) is 11.8 Å². The maximum Gasteiger partial charge on any atom is 0.318 e. The van der Waals surface area contributed by atoms with Gasteiger partial charge in [0.1, 0.15) is 5.41 Å². The van der Waals surface area contributed by atoms with Crippen LogP contribution in [0.3, 0.4) is 0 Å². The number of aliphatic carboxylic acids is 1. The molecule has 1 N–H and O–H groups in total. The summed E-state index contributed by atoms with van der Waals surface area (Å²) >= 11 is 0. The zero-order valence-corrected chi connectivity index (χ0v) is 11.5. The minimum absolute atomic E-state index is 0.111. The molecule has 2 aliphatic rings. The molecule has 1 heterocycles. The Morgan fingerprint density at radius 3 is 2.85 bits per heavy atom. The average molecular weight is 271 g/mol. The number of pyridine rings is 1. The molecule has 4 heteroatoms. The van der Waals surface area contributed by atoms with Crippen molar-refractivity contribution in [1.29, 1.82) is 0 Å². The van der Waals surface area contributed by atoms with E-state index < -0.39 is 11.4 Å². The third-order valence-corrected chi connectivity index (χ3v) is 4.51. The molecule has 0 radical (unpaired) electrons. The Morgan fingerprint density at radius 2 is 2.20 bits per heavy atom. The zero-order valence-electron chi connectivity index (χ0n) is 11.5. The van der Waals surface area contributed by atoms with E-state index in [9.17, 15) is 9.90 Å². The van der Waals surface area contributed by atoms with Crippen LogP contribution in [0.25, 0.3) is 0 Å². The molecule has 1 saturated carbocycles. The lowest BCUT2D eigenvalue weighted by Crippen LogP contribution is -2.47. The Morgan fingerprint density at radius 1 is 1.45 bits per heavy atom. The second kappa shape index (κ2) is 4.20. The molecular weight excluding hydrogens is 254 g/mol. The molecule has 20 heavy (non-hydrogen) atoms. The summed E-state index contributed by atoms with van der Waals surface area (Å²) in [4.78, 5) is 16.4. The third kappa shape index (κ3) is 1.54. The molecule has 104 valence electrons. The van der Waals surface area contributed by atoms with E-state index in [4.69, 9.17) is 4.74 Å². The smallest absolute Gasteiger partial charge is 0.318 e. The Labute approximate surface area is 117 Å². The van der Waals surface area contributed by atoms with E-state index in [1.54, 1.807) is 13.2 Å². The predicted octanol–water partition coefficient (Wildman–Crippen LogP) is 2.49. The summed E-state index contributed by atoms with van der Waals surface area (Å²) in [6.07, 6.45) is 1.92. The first-order valence-electron chi connectivity index (χ1n) is 6.62. The number of hydrogen-bond acceptors (Lipinski definition) is 3. The Balaban J connectivity index is 2.25. The molecule has 3 rings (SSSR count). The molecule has 4 nitrogen and oxygen atoms in total. The monoisotopic (exact) mass is 271 g/mol. The lowest BCUT2D eigenvalue weighted by atomic mass is 9.57. The average Bonchev–Trinajstić information content (AvgIpc) is 2.40. The number of carbonyl (C=O) groups is 1. The molecule has 0 saturated heterocycles. The van der Waals surface area contributed by atoms with Crippen LogP contribution < -0.4 is 4.74 Å². The van der Waals surface area contributed by atoms with Crippen LogP contribution in [0.4, 0.5) is 0 Å². The minimum Gasteiger partial charge on any atom is -0.481 e. The van der Waals surface area contributed by atoms with Crippen molar-refractivity contribution < 1.29 is 14.6 Å². The summed E-state index contributed by atoms with van der Waals surface area (Å²) in [6, 6.07) is 3.53. The fourth-order valence-electron chi connectivity index (χ4n) is 3.55. The Hall–Kier alpha value is -2.10. The number of ether oxygens (including phenoxy) is 1. The minimum atomic E-state index is -1.06. The summed E-state index contributed by atoms with van der Waals surface area (Å²) in [6.45, 7) is 8.10. The standard InChI is InChI=1S/C16H17NO3/c1-9-6-11-7-13-12(4-5-14(17-13)20-3)16(8-9,10(11)2)15(18)19/h4-5,11H,1-2,6-8H2,3H3,(H,18,19)/t11-,16+/m1/s1. The van der Waals surface area contributed by atoms with Crippen molar-refractivity contribution in [3.63, 3.8) is 0 Å². The number of hydrogen-bond donors (Lipinski definition) is 1. The molecule has 0 amide bonds. The summed E-state index contributed by atoms with van der Waals surface area (Å²) in [5, 5.41) is 9.84. The first kappa shape index (κ1) is 12.9. The van der Waals surface area contributed by atoms with E-state index in [0.29, 0.717) is 18.7 Å². The van der Waals surface area contributed by atoms with Crippen LogP contribution in [0, 0.1) is 5.92 Å². The van der Waals surface area contributed by atoms with E-state index in [0.717, 1.165) is 28.8 Å². The quantitative estimate of drug-likeness (QED) is 0.840. The number of nitrogens with zero attached hydrogens (tertiary/aromatic N) is 1. The van der Waals surface area contributed by atoms with Gasteiger partial charge in [0.05, 0.1) is 7.11 Å². The van der Waals surface area contributed by atoms with Crippen LogP contribution in [0.15, 0.2) is 36.4 Å². The van der Waals surface area contributed by atoms with E-state index in [1.165, 1.54) is 0 Å². The molecule has 0 spiro atoms. The topological polar surface area (TPSA) is 59.4 Å². The first-order valence-corrected chi connectivity index (χ1v) is 6.62. The van der Waals surface area contributed by atoms with Gasteiger partial charge in [-0.2, -0.15) is 0 Å². The lowest BCUT2D eigenvalue weighted by molar-refractivity contribution is -0.143. The molecule has 1 aromatic heterocycles. The van der Waals surface area contributed by atoms with E-state index >= 15 is 0 Å². The van der Waals surface area contributed by atoms with Gasteiger partial charge in [-0.15, -0.1) is 0 Å². The maximum atomic E-state index is 12.0. The van der Waals surface area contributed by atoms with Crippen molar-refractivity contribution in [3.8, 4) is 5.88 Å². The largest absolute Gasteiger partial charge is 0.481 e. The number of methoxy groups -OCH3 is 1. The fourth-order valence-corrected chi connectivity index (χ4v) is 3.55. The highest BCUT2D eigenvalue weighted by Crippen LogP contribution is 2.52. The van der Waals surface area contributed by atoms with Gasteiger partial charge in [-0.05, 0) is 30.7 Å². The first-order chi connectivity index (χ1) is 9.49. The summed E-state index contributed by atoms with van der Waals surface area (Å²) < 4.78 is 5.15. The number of fused-ring (bicyclic) bond motifs is 4. The number of allylic oxidation sites excluding steroid dienone is 1. The Kier molecular flexibility index (Phi) is 2.71. The van der Waals surface area contributed by atoms with Gasteiger partial charge in [0.15, 0.2) is 0 Å². The van der Waals surface area contributed by atoms with Gasteiger partial charge < -0.3 is 9.84 Å². The van der Waals surface area contributed by atoms with Gasteiger partial charge in [0.2, 0.25) is 5.88 Å². The van der Waals surface area contributed by atoms with Crippen LogP contribution in [-0.2, 0) is 16.6 Å². The van der Waals surface area contributed by atoms with Crippen LogP contribution >= 0.6 is 0 Å². The number of carboxylic acid groups (broad SMARTS) is 1. The summed E-state index contributed by atoms with van der Waals surface area (Å²) in [7, 11) is 1.56. The van der Waals surface area contributed by atoms with Crippen molar-refractivity contribution in [2.75, 3.05) is 7.11 Å². The van der Waals surface area contributed by atoms with Crippen molar-refractivity contribution in [1.82, 2.24) is 4.98 Å². The van der Waals surface area contributed by atoms with Gasteiger partial charge in [0.25, 0.3) is 0 Å². The van der Waals surface area contributed by atoms with E-state index in [1.807, 2.05) is 6.07 Å². The van der Waals surface area contributed by atoms with Crippen LogP contribution in [-0.4, -0.2) is 23.2 Å². The molecular formula is C16H17NO3. The van der Waals surface area contributed by atoms with Crippen LogP contribution in [0.1, 0.15) is 24.1 Å². The molecule has 2 atom stereocenters. The molecule has 1 aromatic rings. The van der Waals surface area contributed by atoms with Gasteiger partial charge in [-0.3, -0.25) is 4.79 Å². The molecule has 2 aliphatic carbocycles. The van der Waals surface area contributed by atoms with Crippen LogP contribution in [0.2, 0.25) is 0 Å². The van der Waals surface area contributed by atoms with Crippen molar-refractivity contribution >= 4 is 5.97 Å². The highest BCUT2D eigenvalue weighted by atomic mass is 16.5. The number of aromatic nitrogens is 1. The molecule has 0 aliphatic heterocycles. The highest BCUT2D eigenvalue weighted by Gasteiger charge is 2.53. The molecule has 0 aromatic carbocycles. The van der Waals surface area contributed by atoms with Gasteiger partial charge >= 0.3 is 5.97 Å². The summed E-state index contributed by atoms with van der Waals surface area (Å²) in [5.41, 5.74) is 2.26. The van der Waals surface area contributed by atoms with Crippen molar-refractivity contribution in [2.24, 2.45) is 5.92 Å².